The van der Waals surface area contributed by atoms with Crippen molar-refractivity contribution in [3.05, 3.63) is 29.8 Å². The molecule has 0 bridgehead atoms. The van der Waals surface area contributed by atoms with Gasteiger partial charge in [0.15, 0.2) is 9.84 Å². The topological polar surface area (TPSA) is 72.5 Å². The Bertz CT molecular complexity index is 583. The number of rotatable bonds is 5. The fraction of sp³-hybridized carbons (Fsp3) is 0.500. The van der Waals surface area contributed by atoms with Crippen molar-refractivity contribution in [1.82, 2.24) is 5.32 Å². The second-order valence-corrected chi connectivity index (χ2v) is 7.22. The van der Waals surface area contributed by atoms with E-state index in [0.717, 1.165) is 11.3 Å². The second kappa shape index (κ2) is 6.26. The fourth-order valence-corrected chi connectivity index (χ4v) is 4.05. The molecule has 1 aliphatic rings. The summed E-state index contributed by atoms with van der Waals surface area (Å²) >= 11 is 0. The number of benzene rings is 1. The number of carbonyl (C=O) groups is 1. The first-order valence-corrected chi connectivity index (χ1v) is 8.43. The second-order valence-electron chi connectivity index (χ2n) is 4.99. The van der Waals surface area contributed by atoms with Gasteiger partial charge in [0.25, 0.3) is 0 Å². The van der Waals surface area contributed by atoms with Gasteiger partial charge in [-0.1, -0.05) is 12.1 Å². The molecule has 1 heterocycles. The Balaban J connectivity index is 1.79. The highest BCUT2D eigenvalue weighted by Gasteiger charge is 2.32. The molecule has 1 fully saturated rings. The number of nitrogens with one attached hydrogen (secondary N) is 1. The van der Waals surface area contributed by atoms with Crippen LogP contribution in [-0.4, -0.2) is 39.5 Å². The molecule has 1 aromatic carbocycles. The molecule has 6 heteroatoms. The van der Waals surface area contributed by atoms with E-state index in [2.05, 4.69) is 5.32 Å². The average Bonchev–Trinajstić information content (AvgIpc) is 2.79. The van der Waals surface area contributed by atoms with E-state index in [1.165, 1.54) is 0 Å². The highest BCUT2D eigenvalue weighted by molar-refractivity contribution is 7.91. The Morgan fingerprint density at radius 1 is 1.45 bits per heavy atom. The van der Waals surface area contributed by atoms with E-state index in [1.807, 2.05) is 24.3 Å². The number of hydrogen-bond acceptors (Lipinski definition) is 4. The predicted molar refractivity (Wildman–Crippen MR) is 76.5 cm³/mol. The van der Waals surface area contributed by atoms with Gasteiger partial charge in [0, 0.05) is 6.54 Å². The van der Waals surface area contributed by atoms with Gasteiger partial charge >= 0.3 is 0 Å². The zero-order chi connectivity index (χ0) is 14.6. The lowest BCUT2D eigenvalue weighted by molar-refractivity contribution is -0.124. The van der Waals surface area contributed by atoms with Crippen LogP contribution in [0.5, 0.6) is 5.75 Å². The lowest BCUT2D eigenvalue weighted by atomic mass is 10.1. The number of amides is 1. The molecule has 1 saturated heterocycles. The summed E-state index contributed by atoms with van der Waals surface area (Å²) in [5.41, 5.74) is 1.07. The summed E-state index contributed by atoms with van der Waals surface area (Å²) < 4.78 is 27.8. The van der Waals surface area contributed by atoms with Crippen molar-refractivity contribution in [3.63, 3.8) is 0 Å². The molecule has 1 aliphatic heterocycles. The lowest BCUT2D eigenvalue weighted by Gasteiger charge is -2.09. The van der Waals surface area contributed by atoms with Crippen molar-refractivity contribution in [2.75, 3.05) is 25.2 Å². The minimum Gasteiger partial charge on any atom is -0.497 e. The summed E-state index contributed by atoms with van der Waals surface area (Å²) in [4.78, 5) is 11.8. The van der Waals surface area contributed by atoms with Gasteiger partial charge in [0.2, 0.25) is 5.91 Å². The van der Waals surface area contributed by atoms with Crippen LogP contribution >= 0.6 is 0 Å². The van der Waals surface area contributed by atoms with Crippen molar-refractivity contribution in [1.29, 1.82) is 0 Å². The quantitative estimate of drug-likeness (QED) is 0.872. The molecular weight excluding hydrogens is 278 g/mol. The first kappa shape index (κ1) is 14.8. The molecule has 1 amide bonds. The molecule has 1 N–H and O–H groups in total. The molecule has 1 unspecified atom stereocenters. The van der Waals surface area contributed by atoms with Gasteiger partial charge in [0.1, 0.15) is 5.75 Å². The number of methoxy groups -OCH3 is 1. The standard InChI is InChI=1S/C14H19NO4S/c1-19-13-4-2-3-11(9-13)5-7-15-14(16)12-6-8-20(17,18)10-12/h2-4,9,12H,5-8,10H2,1H3,(H,15,16). The summed E-state index contributed by atoms with van der Waals surface area (Å²) in [6.07, 6.45) is 1.13. The minimum absolute atomic E-state index is 0.0159. The van der Waals surface area contributed by atoms with Gasteiger partial charge in [-0.15, -0.1) is 0 Å². The highest BCUT2D eigenvalue weighted by Crippen LogP contribution is 2.18. The number of hydrogen-bond donors (Lipinski definition) is 1. The van der Waals surface area contributed by atoms with Crippen LogP contribution in [0.4, 0.5) is 0 Å². The minimum atomic E-state index is -3.00. The molecule has 0 aromatic heterocycles. The summed E-state index contributed by atoms with van der Waals surface area (Å²) in [6, 6.07) is 7.66. The first-order chi connectivity index (χ1) is 9.50. The number of carbonyl (C=O) groups excluding carboxylic acids is 1. The zero-order valence-corrected chi connectivity index (χ0v) is 12.3. The summed E-state index contributed by atoms with van der Waals surface area (Å²) in [7, 11) is -1.39. The van der Waals surface area contributed by atoms with E-state index in [0.29, 0.717) is 19.4 Å². The van der Waals surface area contributed by atoms with Gasteiger partial charge in [-0.2, -0.15) is 0 Å². The largest absolute Gasteiger partial charge is 0.497 e. The third kappa shape index (κ3) is 3.96. The lowest BCUT2D eigenvalue weighted by Crippen LogP contribution is -2.32. The van der Waals surface area contributed by atoms with Crippen LogP contribution in [0.15, 0.2) is 24.3 Å². The van der Waals surface area contributed by atoms with Crippen molar-refractivity contribution in [3.8, 4) is 5.75 Å². The van der Waals surface area contributed by atoms with E-state index in [4.69, 9.17) is 4.74 Å². The Labute approximate surface area is 119 Å². The third-order valence-electron chi connectivity index (χ3n) is 3.45. The van der Waals surface area contributed by atoms with Crippen LogP contribution in [0, 0.1) is 5.92 Å². The maximum Gasteiger partial charge on any atom is 0.224 e. The van der Waals surface area contributed by atoms with E-state index in [1.54, 1.807) is 7.11 Å². The molecule has 0 aliphatic carbocycles. The highest BCUT2D eigenvalue weighted by atomic mass is 32.2. The van der Waals surface area contributed by atoms with Gasteiger partial charge < -0.3 is 10.1 Å². The maximum atomic E-state index is 11.8. The third-order valence-corrected chi connectivity index (χ3v) is 5.22. The van der Waals surface area contributed by atoms with Crippen LogP contribution in [0.1, 0.15) is 12.0 Å². The van der Waals surface area contributed by atoms with Crippen LogP contribution in [0.25, 0.3) is 0 Å². The molecule has 1 aromatic rings. The van der Waals surface area contributed by atoms with Crippen LogP contribution < -0.4 is 10.1 Å². The predicted octanol–water partition coefficient (Wildman–Crippen LogP) is 0.789. The van der Waals surface area contributed by atoms with E-state index >= 15 is 0 Å². The molecule has 0 spiro atoms. The van der Waals surface area contributed by atoms with Crippen molar-refractivity contribution >= 4 is 15.7 Å². The molecule has 0 radical (unpaired) electrons. The Kier molecular flexibility index (Phi) is 4.65. The van der Waals surface area contributed by atoms with Crippen LogP contribution in [-0.2, 0) is 21.1 Å². The Morgan fingerprint density at radius 2 is 2.25 bits per heavy atom. The van der Waals surface area contributed by atoms with E-state index < -0.39 is 9.84 Å². The van der Waals surface area contributed by atoms with E-state index in [-0.39, 0.29) is 23.3 Å². The average molecular weight is 297 g/mol. The van der Waals surface area contributed by atoms with Crippen LogP contribution in [0.2, 0.25) is 0 Å². The normalized spacial score (nSPS) is 20.6. The van der Waals surface area contributed by atoms with Crippen molar-refractivity contribution in [2.24, 2.45) is 5.92 Å². The van der Waals surface area contributed by atoms with Gasteiger partial charge in [-0.3, -0.25) is 4.79 Å². The number of ether oxygens (including phenoxy) is 1. The molecule has 110 valence electrons. The molecule has 5 nitrogen and oxygen atoms in total. The maximum absolute atomic E-state index is 11.8. The smallest absolute Gasteiger partial charge is 0.224 e. The summed E-state index contributed by atoms with van der Waals surface area (Å²) in [6.45, 7) is 0.503. The first-order valence-electron chi connectivity index (χ1n) is 6.61. The molecule has 20 heavy (non-hydrogen) atoms. The van der Waals surface area contributed by atoms with Crippen molar-refractivity contribution < 1.29 is 17.9 Å². The van der Waals surface area contributed by atoms with Gasteiger partial charge in [0.05, 0.1) is 24.5 Å². The van der Waals surface area contributed by atoms with Crippen molar-refractivity contribution in [2.45, 2.75) is 12.8 Å². The van der Waals surface area contributed by atoms with Crippen LogP contribution in [0.3, 0.4) is 0 Å². The van der Waals surface area contributed by atoms with Gasteiger partial charge in [-0.25, -0.2) is 8.42 Å². The fourth-order valence-electron chi connectivity index (χ4n) is 2.30. The monoisotopic (exact) mass is 297 g/mol. The summed E-state index contributed by atoms with van der Waals surface area (Å²) in [5.74, 6) is 0.355. The SMILES string of the molecule is COc1cccc(CCNC(=O)C2CCS(=O)(=O)C2)c1. The molecule has 2 rings (SSSR count). The Morgan fingerprint density at radius 3 is 2.90 bits per heavy atom. The summed E-state index contributed by atoms with van der Waals surface area (Å²) in [5, 5.41) is 2.80. The number of sulfone groups is 1. The Hall–Kier alpha value is -1.56. The zero-order valence-electron chi connectivity index (χ0n) is 11.5. The van der Waals surface area contributed by atoms with E-state index in [9.17, 15) is 13.2 Å². The molecule has 1 atom stereocenters. The van der Waals surface area contributed by atoms with Gasteiger partial charge in [-0.05, 0) is 30.5 Å². The molecule has 0 saturated carbocycles. The molecular formula is C14H19NO4S.